The Hall–Kier alpha value is -3.93. The lowest BCUT2D eigenvalue weighted by Gasteiger charge is -2.33. The number of hydrogen-bond acceptors (Lipinski definition) is 4. The van der Waals surface area contributed by atoms with Gasteiger partial charge in [0.25, 0.3) is 10.0 Å². The Bertz CT molecular complexity index is 1510. The monoisotopic (exact) mass is 621 g/mol. The van der Waals surface area contributed by atoms with Gasteiger partial charge in [0.2, 0.25) is 11.8 Å². The summed E-state index contributed by atoms with van der Waals surface area (Å²) in [5.41, 5.74) is -0.242. The van der Waals surface area contributed by atoms with E-state index in [9.17, 15) is 35.6 Å². The molecule has 0 unspecified atom stereocenters. The van der Waals surface area contributed by atoms with E-state index in [0.717, 1.165) is 17.7 Å². The number of amides is 2. The molecule has 1 atom stereocenters. The summed E-state index contributed by atoms with van der Waals surface area (Å²) in [6.07, 6.45) is -4.61. The molecular formula is C31H35F4N3O4S. The zero-order chi connectivity index (χ0) is 31.9. The Morgan fingerprint density at radius 1 is 0.953 bits per heavy atom. The number of aryl methyl sites for hydroxylation is 1. The molecule has 0 aromatic heterocycles. The minimum Gasteiger partial charge on any atom is -0.354 e. The standard InChI is InChI=1S/C31H35F4N3O4S/c1-5-28(30(40)36-18-21(2)3)37(19-23-11-13-25(32)14-12-23)29(39)20-38(26-8-6-7-24(17-26)31(33,34)35)43(41,42)27-15-9-22(4)10-16-27/h6-17,21,28H,5,18-20H2,1-4H3,(H,36,40)/t28-/m0/s1. The third-order valence-electron chi connectivity index (χ3n) is 6.69. The molecular weight excluding hydrogens is 586 g/mol. The molecule has 3 aromatic rings. The molecule has 0 fully saturated rings. The molecule has 0 bridgehead atoms. The van der Waals surface area contributed by atoms with Crippen molar-refractivity contribution in [2.75, 3.05) is 17.4 Å². The number of halogens is 4. The molecule has 0 heterocycles. The van der Waals surface area contributed by atoms with Gasteiger partial charge >= 0.3 is 6.18 Å². The minimum absolute atomic E-state index is 0.110. The summed E-state index contributed by atoms with van der Waals surface area (Å²) in [4.78, 5) is 28.2. The first-order chi connectivity index (χ1) is 20.1. The third kappa shape index (κ3) is 8.79. The molecule has 232 valence electrons. The molecule has 0 saturated heterocycles. The average Bonchev–Trinajstić information content (AvgIpc) is 2.95. The molecule has 43 heavy (non-hydrogen) atoms. The van der Waals surface area contributed by atoms with Crippen LogP contribution in [0.5, 0.6) is 0 Å². The molecule has 0 aliphatic rings. The van der Waals surface area contributed by atoms with Crippen molar-refractivity contribution in [3.63, 3.8) is 0 Å². The molecule has 0 spiro atoms. The molecule has 12 heteroatoms. The first kappa shape index (κ1) is 33.6. The zero-order valence-electron chi connectivity index (χ0n) is 24.4. The zero-order valence-corrected chi connectivity index (χ0v) is 25.2. The van der Waals surface area contributed by atoms with Crippen LogP contribution in [0.25, 0.3) is 0 Å². The highest BCUT2D eigenvalue weighted by Crippen LogP contribution is 2.33. The van der Waals surface area contributed by atoms with E-state index in [1.54, 1.807) is 13.8 Å². The van der Waals surface area contributed by atoms with Crippen LogP contribution in [-0.4, -0.2) is 44.3 Å². The Morgan fingerprint density at radius 3 is 2.14 bits per heavy atom. The summed E-state index contributed by atoms with van der Waals surface area (Å²) < 4.78 is 82.8. The van der Waals surface area contributed by atoms with Crippen molar-refractivity contribution in [3.05, 3.63) is 95.3 Å². The molecule has 0 saturated carbocycles. The minimum atomic E-state index is -4.77. The second-order valence-electron chi connectivity index (χ2n) is 10.6. The molecule has 0 aliphatic heterocycles. The smallest absolute Gasteiger partial charge is 0.354 e. The van der Waals surface area contributed by atoms with Crippen LogP contribution in [0.4, 0.5) is 23.2 Å². The van der Waals surface area contributed by atoms with Crippen molar-refractivity contribution in [2.45, 2.75) is 57.8 Å². The van der Waals surface area contributed by atoms with E-state index in [4.69, 9.17) is 0 Å². The van der Waals surface area contributed by atoms with E-state index in [0.29, 0.717) is 22.5 Å². The van der Waals surface area contributed by atoms with Crippen LogP contribution in [0.2, 0.25) is 0 Å². The fourth-order valence-electron chi connectivity index (χ4n) is 4.33. The summed E-state index contributed by atoms with van der Waals surface area (Å²) in [7, 11) is -4.55. The van der Waals surface area contributed by atoms with Gasteiger partial charge in [-0.05, 0) is 67.3 Å². The number of nitrogens with one attached hydrogen (secondary N) is 1. The topological polar surface area (TPSA) is 86.8 Å². The van der Waals surface area contributed by atoms with E-state index >= 15 is 0 Å². The second-order valence-corrected chi connectivity index (χ2v) is 12.4. The molecule has 0 aliphatic carbocycles. The number of anilines is 1. The first-order valence-corrected chi connectivity index (χ1v) is 15.2. The van der Waals surface area contributed by atoms with Gasteiger partial charge in [0.1, 0.15) is 18.4 Å². The number of sulfonamides is 1. The van der Waals surface area contributed by atoms with Crippen LogP contribution < -0.4 is 9.62 Å². The number of carbonyl (C=O) groups excluding carboxylic acids is 2. The average molecular weight is 622 g/mol. The maximum absolute atomic E-state index is 14.0. The van der Waals surface area contributed by atoms with E-state index in [1.807, 2.05) is 13.8 Å². The Morgan fingerprint density at radius 2 is 1.58 bits per heavy atom. The largest absolute Gasteiger partial charge is 0.416 e. The molecule has 3 aromatic carbocycles. The van der Waals surface area contributed by atoms with Crippen LogP contribution in [-0.2, 0) is 32.3 Å². The Balaban J connectivity index is 2.10. The number of benzene rings is 3. The number of carbonyl (C=O) groups is 2. The van der Waals surface area contributed by atoms with Gasteiger partial charge in [-0.1, -0.05) is 56.7 Å². The van der Waals surface area contributed by atoms with Crippen molar-refractivity contribution >= 4 is 27.5 Å². The lowest BCUT2D eigenvalue weighted by molar-refractivity contribution is -0.140. The number of nitrogens with zero attached hydrogens (tertiary/aromatic N) is 2. The van der Waals surface area contributed by atoms with Crippen LogP contribution in [0.15, 0.2) is 77.7 Å². The van der Waals surface area contributed by atoms with Gasteiger partial charge in [0, 0.05) is 13.1 Å². The molecule has 3 rings (SSSR count). The predicted octanol–water partition coefficient (Wildman–Crippen LogP) is 5.93. The quantitative estimate of drug-likeness (QED) is 0.254. The molecule has 7 nitrogen and oxygen atoms in total. The van der Waals surface area contributed by atoms with Crippen LogP contribution >= 0.6 is 0 Å². The highest BCUT2D eigenvalue weighted by Gasteiger charge is 2.36. The second kappa shape index (κ2) is 14.0. The summed E-state index contributed by atoms with van der Waals surface area (Å²) in [5, 5.41) is 2.78. The first-order valence-electron chi connectivity index (χ1n) is 13.7. The normalized spacial score (nSPS) is 12.6. The fraction of sp³-hybridized carbons (Fsp3) is 0.355. The van der Waals surface area contributed by atoms with E-state index in [1.165, 1.54) is 59.5 Å². The third-order valence-corrected chi connectivity index (χ3v) is 8.47. The van der Waals surface area contributed by atoms with Crippen LogP contribution in [0.3, 0.4) is 0 Å². The molecule has 0 radical (unpaired) electrons. The van der Waals surface area contributed by atoms with Crippen molar-refractivity contribution in [1.82, 2.24) is 10.2 Å². The lowest BCUT2D eigenvalue weighted by atomic mass is 10.1. The number of rotatable bonds is 12. The van der Waals surface area contributed by atoms with Crippen LogP contribution in [0.1, 0.15) is 43.9 Å². The van der Waals surface area contributed by atoms with Gasteiger partial charge in [0.05, 0.1) is 16.1 Å². The highest BCUT2D eigenvalue weighted by molar-refractivity contribution is 7.92. The summed E-state index contributed by atoms with van der Waals surface area (Å²) in [6, 6.07) is 13.6. The summed E-state index contributed by atoms with van der Waals surface area (Å²) >= 11 is 0. The summed E-state index contributed by atoms with van der Waals surface area (Å²) in [6.45, 7) is 6.47. The van der Waals surface area contributed by atoms with Gasteiger partial charge in [-0.2, -0.15) is 13.2 Å². The molecule has 1 N–H and O–H groups in total. The Kier molecular flexibility index (Phi) is 11.0. The lowest BCUT2D eigenvalue weighted by Crippen LogP contribution is -2.52. The highest BCUT2D eigenvalue weighted by atomic mass is 32.2. The number of hydrogen-bond donors (Lipinski definition) is 1. The molecule has 2 amide bonds. The van der Waals surface area contributed by atoms with Gasteiger partial charge in [-0.15, -0.1) is 0 Å². The van der Waals surface area contributed by atoms with Crippen molar-refractivity contribution in [2.24, 2.45) is 5.92 Å². The van der Waals surface area contributed by atoms with E-state index in [-0.39, 0.29) is 29.5 Å². The Labute approximate surface area is 249 Å². The van der Waals surface area contributed by atoms with Crippen molar-refractivity contribution in [1.29, 1.82) is 0 Å². The maximum Gasteiger partial charge on any atom is 0.416 e. The van der Waals surface area contributed by atoms with Gasteiger partial charge in [-0.25, -0.2) is 12.8 Å². The van der Waals surface area contributed by atoms with Gasteiger partial charge in [-0.3, -0.25) is 13.9 Å². The van der Waals surface area contributed by atoms with Crippen LogP contribution in [0, 0.1) is 18.7 Å². The number of alkyl halides is 3. The maximum atomic E-state index is 14.0. The van der Waals surface area contributed by atoms with Crippen molar-refractivity contribution in [3.8, 4) is 0 Å². The van der Waals surface area contributed by atoms with E-state index in [2.05, 4.69) is 5.32 Å². The SMILES string of the molecule is CC[C@@H](C(=O)NCC(C)C)N(Cc1ccc(F)cc1)C(=O)CN(c1cccc(C(F)(F)F)c1)S(=O)(=O)c1ccc(C)cc1. The predicted molar refractivity (Wildman–Crippen MR) is 156 cm³/mol. The fourth-order valence-corrected chi connectivity index (χ4v) is 5.74. The van der Waals surface area contributed by atoms with Gasteiger partial charge < -0.3 is 10.2 Å². The van der Waals surface area contributed by atoms with E-state index < -0.39 is 52.0 Å². The van der Waals surface area contributed by atoms with Crippen molar-refractivity contribution < 1.29 is 35.6 Å². The summed E-state index contributed by atoms with van der Waals surface area (Å²) in [5.74, 6) is -1.70. The van der Waals surface area contributed by atoms with Gasteiger partial charge in [0.15, 0.2) is 0 Å².